The van der Waals surface area contributed by atoms with Crippen molar-refractivity contribution < 1.29 is 4.74 Å². The van der Waals surface area contributed by atoms with Gasteiger partial charge in [-0.25, -0.2) is 14.3 Å². The Balaban J connectivity index is 1.73. The topological polar surface area (TPSA) is 71.0 Å². The van der Waals surface area contributed by atoms with Gasteiger partial charge >= 0.3 is 5.69 Å². The van der Waals surface area contributed by atoms with Gasteiger partial charge in [0.2, 0.25) is 0 Å². The molecule has 0 radical (unpaired) electrons. The van der Waals surface area contributed by atoms with E-state index in [2.05, 4.69) is 4.98 Å². The molecule has 1 aliphatic heterocycles. The summed E-state index contributed by atoms with van der Waals surface area (Å²) >= 11 is 12.4. The first-order valence-electron chi connectivity index (χ1n) is 10.3. The maximum absolute atomic E-state index is 13.5. The fourth-order valence-electron chi connectivity index (χ4n) is 4.09. The SMILES string of the molecule is O=c1c2c(ncn2Cc2ccccc2Cl)n(-c2ccc(Cl)cc2)c(=O)n1C[C@@H]1CCCO1. The summed E-state index contributed by atoms with van der Waals surface area (Å²) in [6.45, 7) is 1.18. The minimum absolute atomic E-state index is 0.170. The summed E-state index contributed by atoms with van der Waals surface area (Å²) in [5, 5.41) is 1.15. The van der Waals surface area contributed by atoms with Crippen LogP contribution >= 0.6 is 23.2 Å². The van der Waals surface area contributed by atoms with E-state index in [9.17, 15) is 9.59 Å². The Hall–Kier alpha value is -2.87. The quantitative estimate of drug-likeness (QED) is 0.443. The van der Waals surface area contributed by atoms with Crippen LogP contribution in [-0.4, -0.2) is 31.4 Å². The van der Waals surface area contributed by atoms with Crippen LogP contribution in [0.1, 0.15) is 18.4 Å². The standard InChI is InChI=1S/C23H20Cl2N4O3/c24-16-7-9-17(10-8-16)29-21-20(22(30)28(23(29)31)13-18-5-3-11-32-18)27(14-26-21)12-15-4-1-2-6-19(15)25/h1-2,4,6-10,14,18H,3,5,11-13H2/t18-/m0/s1. The van der Waals surface area contributed by atoms with Gasteiger partial charge in [-0.05, 0) is 48.7 Å². The fraction of sp³-hybridized carbons (Fsp3) is 0.261. The average molecular weight is 471 g/mol. The highest BCUT2D eigenvalue weighted by Gasteiger charge is 2.23. The molecule has 2 aromatic heterocycles. The maximum Gasteiger partial charge on any atom is 0.337 e. The van der Waals surface area contributed by atoms with Crippen LogP contribution in [0.15, 0.2) is 64.4 Å². The van der Waals surface area contributed by atoms with Crippen molar-refractivity contribution in [2.75, 3.05) is 6.61 Å². The minimum atomic E-state index is -0.455. The van der Waals surface area contributed by atoms with Crippen molar-refractivity contribution in [2.24, 2.45) is 0 Å². The molecule has 9 heteroatoms. The largest absolute Gasteiger partial charge is 0.376 e. The van der Waals surface area contributed by atoms with Crippen molar-refractivity contribution in [1.82, 2.24) is 18.7 Å². The van der Waals surface area contributed by atoms with Crippen LogP contribution in [0.2, 0.25) is 10.0 Å². The van der Waals surface area contributed by atoms with E-state index in [1.807, 2.05) is 18.2 Å². The van der Waals surface area contributed by atoms with Crippen LogP contribution in [0, 0.1) is 0 Å². The molecule has 0 unspecified atom stereocenters. The predicted octanol–water partition coefficient (Wildman–Crippen LogP) is 3.88. The number of ether oxygens (including phenoxy) is 1. The van der Waals surface area contributed by atoms with Crippen molar-refractivity contribution in [1.29, 1.82) is 0 Å². The number of imidazole rings is 1. The number of nitrogens with zero attached hydrogens (tertiary/aromatic N) is 4. The monoisotopic (exact) mass is 470 g/mol. The Morgan fingerprint density at radius 1 is 1.06 bits per heavy atom. The number of hydrogen-bond donors (Lipinski definition) is 0. The van der Waals surface area contributed by atoms with Crippen molar-refractivity contribution in [3.8, 4) is 5.69 Å². The molecule has 2 aromatic carbocycles. The highest BCUT2D eigenvalue weighted by atomic mass is 35.5. The summed E-state index contributed by atoms with van der Waals surface area (Å²) in [4.78, 5) is 31.4. The van der Waals surface area contributed by atoms with E-state index in [4.69, 9.17) is 27.9 Å². The molecule has 0 saturated carbocycles. The molecule has 0 amide bonds. The molecular formula is C23H20Cl2N4O3. The molecular weight excluding hydrogens is 451 g/mol. The summed E-state index contributed by atoms with van der Waals surface area (Å²) in [7, 11) is 0. The Kier molecular flexibility index (Phi) is 5.63. The minimum Gasteiger partial charge on any atom is -0.376 e. The lowest BCUT2D eigenvalue weighted by Crippen LogP contribution is -2.42. The first kappa shape index (κ1) is 21.0. The Morgan fingerprint density at radius 3 is 2.56 bits per heavy atom. The third-order valence-electron chi connectivity index (χ3n) is 5.69. The second kappa shape index (κ2) is 8.58. The van der Waals surface area contributed by atoms with E-state index >= 15 is 0 Å². The summed E-state index contributed by atoms with van der Waals surface area (Å²) in [6.07, 6.45) is 3.12. The van der Waals surface area contributed by atoms with E-state index in [-0.39, 0.29) is 18.3 Å². The second-order valence-corrected chi connectivity index (χ2v) is 8.62. The Morgan fingerprint density at radius 2 is 1.84 bits per heavy atom. The molecule has 0 spiro atoms. The van der Waals surface area contributed by atoms with E-state index in [0.29, 0.717) is 34.4 Å². The van der Waals surface area contributed by atoms with Gasteiger partial charge in [-0.3, -0.25) is 9.36 Å². The van der Waals surface area contributed by atoms with Gasteiger partial charge < -0.3 is 9.30 Å². The molecule has 0 N–H and O–H groups in total. The molecule has 1 aliphatic rings. The lowest BCUT2D eigenvalue weighted by molar-refractivity contribution is 0.0950. The number of aromatic nitrogens is 4. The van der Waals surface area contributed by atoms with Gasteiger partial charge in [0.1, 0.15) is 0 Å². The highest BCUT2D eigenvalue weighted by Crippen LogP contribution is 2.20. The molecule has 3 heterocycles. The lowest BCUT2D eigenvalue weighted by Gasteiger charge is -2.15. The van der Waals surface area contributed by atoms with Crippen LogP contribution in [0.5, 0.6) is 0 Å². The normalized spacial score (nSPS) is 16.1. The lowest BCUT2D eigenvalue weighted by atomic mass is 10.2. The molecule has 1 atom stereocenters. The van der Waals surface area contributed by atoms with Gasteiger partial charge in [-0.1, -0.05) is 41.4 Å². The molecule has 1 saturated heterocycles. The molecule has 0 bridgehead atoms. The number of fused-ring (bicyclic) bond motifs is 1. The molecule has 7 nitrogen and oxygen atoms in total. The van der Waals surface area contributed by atoms with Gasteiger partial charge in [-0.15, -0.1) is 0 Å². The number of hydrogen-bond acceptors (Lipinski definition) is 4. The van der Waals surface area contributed by atoms with Gasteiger partial charge in [0.05, 0.1) is 31.2 Å². The third kappa shape index (κ3) is 3.77. The van der Waals surface area contributed by atoms with Gasteiger partial charge in [0.25, 0.3) is 5.56 Å². The van der Waals surface area contributed by atoms with E-state index in [1.165, 1.54) is 9.13 Å². The van der Waals surface area contributed by atoms with Crippen molar-refractivity contribution in [3.63, 3.8) is 0 Å². The Labute approximate surface area is 193 Å². The average Bonchev–Trinajstić information content (AvgIpc) is 3.44. The van der Waals surface area contributed by atoms with E-state index < -0.39 is 11.2 Å². The number of rotatable bonds is 5. The van der Waals surface area contributed by atoms with Crippen LogP contribution in [0.4, 0.5) is 0 Å². The summed E-state index contributed by atoms with van der Waals surface area (Å²) in [6, 6.07) is 14.3. The van der Waals surface area contributed by atoms with Gasteiger partial charge in [-0.2, -0.15) is 0 Å². The first-order valence-corrected chi connectivity index (χ1v) is 11.1. The van der Waals surface area contributed by atoms with Crippen molar-refractivity contribution in [3.05, 3.63) is 91.3 Å². The van der Waals surface area contributed by atoms with Crippen LogP contribution in [0.3, 0.4) is 0 Å². The van der Waals surface area contributed by atoms with Crippen molar-refractivity contribution in [2.45, 2.75) is 32.0 Å². The van der Waals surface area contributed by atoms with Crippen molar-refractivity contribution >= 4 is 34.4 Å². The number of benzene rings is 2. The molecule has 5 rings (SSSR count). The predicted molar refractivity (Wildman–Crippen MR) is 124 cm³/mol. The van der Waals surface area contributed by atoms with Crippen LogP contribution in [-0.2, 0) is 17.8 Å². The van der Waals surface area contributed by atoms with Gasteiger partial charge in [0.15, 0.2) is 11.2 Å². The fourth-order valence-corrected chi connectivity index (χ4v) is 4.41. The molecule has 32 heavy (non-hydrogen) atoms. The van der Waals surface area contributed by atoms with E-state index in [1.54, 1.807) is 41.2 Å². The molecule has 0 aliphatic carbocycles. The smallest absolute Gasteiger partial charge is 0.337 e. The van der Waals surface area contributed by atoms with Crippen LogP contribution in [0.25, 0.3) is 16.9 Å². The maximum atomic E-state index is 13.5. The summed E-state index contributed by atoms with van der Waals surface area (Å²) in [5.74, 6) is 0. The second-order valence-electron chi connectivity index (χ2n) is 7.78. The summed E-state index contributed by atoms with van der Waals surface area (Å²) in [5.41, 5.74) is 1.20. The molecule has 1 fully saturated rings. The highest BCUT2D eigenvalue weighted by molar-refractivity contribution is 6.31. The molecule has 164 valence electrons. The zero-order valence-corrected chi connectivity index (χ0v) is 18.6. The molecule has 4 aromatic rings. The zero-order valence-electron chi connectivity index (χ0n) is 17.1. The van der Waals surface area contributed by atoms with Crippen LogP contribution < -0.4 is 11.2 Å². The Bertz CT molecular complexity index is 1400. The van der Waals surface area contributed by atoms with Gasteiger partial charge in [0, 0.05) is 16.7 Å². The van der Waals surface area contributed by atoms with E-state index in [0.717, 1.165) is 18.4 Å². The number of halogens is 2. The summed E-state index contributed by atoms with van der Waals surface area (Å²) < 4.78 is 10.1. The zero-order chi connectivity index (χ0) is 22.2. The third-order valence-corrected chi connectivity index (χ3v) is 6.31. The first-order chi connectivity index (χ1) is 15.5.